The Balaban J connectivity index is 2.00. The normalized spacial score (nSPS) is 17.1. The molecule has 3 rings (SSSR count). The highest BCUT2D eigenvalue weighted by Gasteiger charge is 2.15. The zero-order valence-electron chi connectivity index (χ0n) is 10.2. The number of nitrogens with zero attached hydrogens (tertiary/aromatic N) is 3. The molecule has 0 aliphatic carbocycles. The van der Waals surface area contributed by atoms with Crippen molar-refractivity contribution < 1.29 is 0 Å². The quantitative estimate of drug-likeness (QED) is 0.816. The summed E-state index contributed by atoms with van der Waals surface area (Å²) in [5.74, 6) is 0.762. The number of fused-ring (bicyclic) bond motifs is 1. The molecule has 0 aromatic carbocycles. The first-order valence-electron chi connectivity index (χ1n) is 6.13. The Kier molecular flexibility index (Phi) is 3.37. The number of aromatic nitrogens is 2. The fourth-order valence-corrected chi connectivity index (χ4v) is 3.33. The topological polar surface area (TPSA) is 41.1 Å². The van der Waals surface area contributed by atoms with Crippen molar-refractivity contribution in [1.82, 2.24) is 15.3 Å². The third-order valence-electron chi connectivity index (χ3n) is 3.08. The van der Waals surface area contributed by atoms with E-state index >= 15 is 0 Å². The molecule has 1 N–H and O–H groups in total. The average Bonchev–Trinajstić information content (AvgIpc) is 2.58. The van der Waals surface area contributed by atoms with Gasteiger partial charge >= 0.3 is 0 Å². The standard InChI is InChI=1S/C12H15ClN4S/c1-8-7-9-10(13)15-12(16-11(9)18-8)17-5-2-3-14-4-6-17/h7,14H,2-6H2,1H3. The first kappa shape index (κ1) is 12.1. The van der Waals surface area contributed by atoms with Crippen molar-refractivity contribution in [2.75, 3.05) is 31.1 Å². The molecule has 0 amide bonds. The van der Waals surface area contributed by atoms with Crippen molar-refractivity contribution in [3.8, 4) is 0 Å². The third-order valence-corrected chi connectivity index (χ3v) is 4.31. The van der Waals surface area contributed by atoms with Gasteiger partial charge in [0.1, 0.15) is 9.98 Å². The lowest BCUT2D eigenvalue weighted by Gasteiger charge is -2.19. The van der Waals surface area contributed by atoms with Crippen LogP contribution in [0.1, 0.15) is 11.3 Å². The summed E-state index contributed by atoms with van der Waals surface area (Å²) in [6.45, 7) is 6.02. The second kappa shape index (κ2) is 4.99. The van der Waals surface area contributed by atoms with Crippen molar-refractivity contribution in [2.45, 2.75) is 13.3 Å². The summed E-state index contributed by atoms with van der Waals surface area (Å²) in [6.07, 6.45) is 1.11. The smallest absolute Gasteiger partial charge is 0.228 e. The predicted molar refractivity (Wildman–Crippen MR) is 76.9 cm³/mol. The van der Waals surface area contributed by atoms with Crippen LogP contribution < -0.4 is 10.2 Å². The number of thiophene rings is 1. The lowest BCUT2D eigenvalue weighted by atomic mass is 10.4. The Morgan fingerprint density at radius 3 is 3.11 bits per heavy atom. The van der Waals surface area contributed by atoms with E-state index in [0.717, 1.165) is 48.8 Å². The van der Waals surface area contributed by atoms with Gasteiger partial charge in [-0.05, 0) is 26.0 Å². The molecule has 2 aromatic rings. The van der Waals surface area contributed by atoms with E-state index in [2.05, 4.69) is 33.2 Å². The van der Waals surface area contributed by atoms with Crippen LogP contribution in [0.15, 0.2) is 6.07 Å². The number of nitrogens with one attached hydrogen (secondary N) is 1. The van der Waals surface area contributed by atoms with Crippen LogP contribution in [0.3, 0.4) is 0 Å². The number of aryl methyl sites for hydroxylation is 1. The second-order valence-electron chi connectivity index (χ2n) is 4.48. The second-order valence-corrected chi connectivity index (χ2v) is 6.07. The van der Waals surface area contributed by atoms with Gasteiger partial charge in [-0.2, -0.15) is 0 Å². The molecule has 0 unspecified atom stereocenters. The monoisotopic (exact) mass is 282 g/mol. The molecule has 6 heteroatoms. The summed E-state index contributed by atoms with van der Waals surface area (Å²) in [4.78, 5) is 13.5. The van der Waals surface area contributed by atoms with Crippen molar-refractivity contribution in [2.24, 2.45) is 0 Å². The maximum absolute atomic E-state index is 6.25. The van der Waals surface area contributed by atoms with Crippen molar-refractivity contribution in [3.05, 3.63) is 16.1 Å². The van der Waals surface area contributed by atoms with Gasteiger partial charge in [0.05, 0.1) is 0 Å². The van der Waals surface area contributed by atoms with Gasteiger partial charge in [-0.15, -0.1) is 11.3 Å². The SMILES string of the molecule is Cc1cc2c(Cl)nc(N3CCCNCC3)nc2s1. The van der Waals surface area contributed by atoms with Crippen LogP contribution >= 0.6 is 22.9 Å². The highest BCUT2D eigenvalue weighted by atomic mass is 35.5. The van der Waals surface area contributed by atoms with Gasteiger partial charge in [-0.1, -0.05) is 11.6 Å². The Hall–Kier alpha value is -0.910. The fraction of sp³-hybridized carbons (Fsp3) is 0.500. The summed E-state index contributed by atoms with van der Waals surface area (Å²) in [6, 6.07) is 2.05. The van der Waals surface area contributed by atoms with Gasteiger partial charge in [-0.3, -0.25) is 0 Å². The third kappa shape index (κ3) is 2.30. The van der Waals surface area contributed by atoms with Gasteiger partial charge in [0, 0.05) is 29.9 Å². The molecule has 1 fully saturated rings. The minimum absolute atomic E-state index is 0.566. The molecule has 96 valence electrons. The van der Waals surface area contributed by atoms with Crippen molar-refractivity contribution >= 4 is 39.1 Å². The van der Waals surface area contributed by atoms with Crippen LogP contribution in [0, 0.1) is 6.92 Å². The number of rotatable bonds is 1. The number of halogens is 1. The first-order chi connectivity index (χ1) is 8.74. The maximum atomic E-state index is 6.25. The highest BCUT2D eigenvalue weighted by molar-refractivity contribution is 7.18. The van der Waals surface area contributed by atoms with Gasteiger partial charge in [0.15, 0.2) is 0 Å². The summed E-state index contributed by atoms with van der Waals surface area (Å²) in [5, 5.41) is 4.91. The van der Waals surface area contributed by atoms with E-state index < -0.39 is 0 Å². The molecule has 0 radical (unpaired) electrons. The van der Waals surface area contributed by atoms with Gasteiger partial charge in [0.25, 0.3) is 0 Å². The minimum atomic E-state index is 0.566. The number of hydrogen-bond donors (Lipinski definition) is 1. The van der Waals surface area contributed by atoms with E-state index in [1.807, 2.05) is 0 Å². The molecule has 2 aromatic heterocycles. The minimum Gasteiger partial charge on any atom is -0.339 e. The van der Waals surface area contributed by atoms with Gasteiger partial charge in [-0.25, -0.2) is 9.97 Å². The Bertz CT molecular complexity index is 560. The highest BCUT2D eigenvalue weighted by Crippen LogP contribution is 2.30. The van der Waals surface area contributed by atoms with E-state index in [1.165, 1.54) is 4.88 Å². The van der Waals surface area contributed by atoms with E-state index in [-0.39, 0.29) is 0 Å². The van der Waals surface area contributed by atoms with E-state index in [9.17, 15) is 0 Å². The molecule has 3 heterocycles. The summed E-state index contributed by atoms with van der Waals surface area (Å²) in [5.41, 5.74) is 0. The van der Waals surface area contributed by atoms with Crippen LogP contribution in [0.5, 0.6) is 0 Å². The van der Waals surface area contributed by atoms with Gasteiger partial charge in [0.2, 0.25) is 5.95 Å². The Morgan fingerprint density at radius 2 is 2.22 bits per heavy atom. The maximum Gasteiger partial charge on any atom is 0.228 e. The van der Waals surface area contributed by atoms with Crippen LogP contribution in [0.25, 0.3) is 10.2 Å². The van der Waals surface area contributed by atoms with Crippen LogP contribution in [0.2, 0.25) is 5.15 Å². The molecule has 0 bridgehead atoms. The van der Waals surface area contributed by atoms with Crippen molar-refractivity contribution in [1.29, 1.82) is 0 Å². The molecule has 1 aliphatic heterocycles. The molecular formula is C12H15ClN4S. The number of hydrogen-bond acceptors (Lipinski definition) is 5. The predicted octanol–water partition coefficient (Wildman–Crippen LogP) is 2.45. The van der Waals surface area contributed by atoms with Crippen LogP contribution in [-0.2, 0) is 0 Å². The zero-order chi connectivity index (χ0) is 12.5. The Labute approximate surface area is 115 Å². The van der Waals surface area contributed by atoms with Crippen molar-refractivity contribution in [3.63, 3.8) is 0 Å². The van der Waals surface area contributed by atoms with Crippen LogP contribution in [-0.4, -0.2) is 36.1 Å². The Morgan fingerprint density at radius 1 is 1.33 bits per heavy atom. The van der Waals surface area contributed by atoms with E-state index in [4.69, 9.17) is 11.6 Å². The molecule has 1 saturated heterocycles. The number of anilines is 1. The first-order valence-corrected chi connectivity index (χ1v) is 7.33. The fourth-order valence-electron chi connectivity index (χ4n) is 2.18. The zero-order valence-corrected chi connectivity index (χ0v) is 11.8. The molecule has 0 atom stereocenters. The lowest BCUT2D eigenvalue weighted by molar-refractivity contribution is 0.724. The average molecular weight is 283 g/mol. The lowest BCUT2D eigenvalue weighted by Crippen LogP contribution is -2.29. The molecule has 0 spiro atoms. The van der Waals surface area contributed by atoms with Gasteiger partial charge < -0.3 is 10.2 Å². The van der Waals surface area contributed by atoms with E-state index in [1.54, 1.807) is 11.3 Å². The molecule has 4 nitrogen and oxygen atoms in total. The van der Waals surface area contributed by atoms with Crippen LogP contribution in [0.4, 0.5) is 5.95 Å². The molecule has 0 saturated carbocycles. The summed E-state index contributed by atoms with van der Waals surface area (Å²) < 4.78 is 0. The molecule has 18 heavy (non-hydrogen) atoms. The molecular weight excluding hydrogens is 268 g/mol. The summed E-state index contributed by atoms with van der Waals surface area (Å²) in [7, 11) is 0. The van der Waals surface area contributed by atoms with E-state index in [0.29, 0.717) is 5.15 Å². The largest absolute Gasteiger partial charge is 0.339 e. The summed E-state index contributed by atoms with van der Waals surface area (Å²) >= 11 is 7.92. The molecule has 1 aliphatic rings.